The second-order valence-corrected chi connectivity index (χ2v) is 11.5. The summed E-state index contributed by atoms with van der Waals surface area (Å²) in [5.74, 6) is 1.92. The molecule has 0 radical (unpaired) electrons. The van der Waals surface area contributed by atoms with Gasteiger partial charge in [0.05, 0.1) is 17.1 Å². The second kappa shape index (κ2) is 12.9. The molecule has 2 amide bonds. The lowest BCUT2D eigenvalue weighted by atomic mass is 10.1. The van der Waals surface area contributed by atoms with Crippen LogP contribution in [0.5, 0.6) is 0 Å². The van der Waals surface area contributed by atoms with Gasteiger partial charge in [0, 0.05) is 40.7 Å². The van der Waals surface area contributed by atoms with Crippen LogP contribution in [0.4, 0.5) is 34.5 Å². The average Bonchev–Trinajstić information content (AvgIpc) is 3.80. The van der Waals surface area contributed by atoms with E-state index in [1.165, 1.54) is 11.8 Å². The van der Waals surface area contributed by atoms with Gasteiger partial charge in [0.15, 0.2) is 5.16 Å². The largest absolute Gasteiger partial charge is 0.397 e. The highest BCUT2D eigenvalue weighted by Gasteiger charge is 2.29. The number of aryl methyl sites for hydroxylation is 1. The number of carbonyl (C=O) groups excluding carboxylic acids is 2. The van der Waals surface area contributed by atoms with Crippen LogP contribution in [0.25, 0.3) is 0 Å². The predicted molar refractivity (Wildman–Crippen MR) is 173 cm³/mol. The lowest BCUT2D eigenvalue weighted by Gasteiger charge is -2.12. The summed E-state index contributed by atoms with van der Waals surface area (Å²) in [5.41, 5.74) is 10.2. The minimum atomic E-state index is -0.233. The van der Waals surface area contributed by atoms with E-state index in [1.54, 1.807) is 24.3 Å². The summed E-state index contributed by atoms with van der Waals surface area (Å²) in [4.78, 5) is 35.1. The Morgan fingerprint density at radius 2 is 1.68 bits per heavy atom. The fourth-order valence-corrected chi connectivity index (χ4v) is 5.09. The van der Waals surface area contributed by atoms with Crippen molar-refractivity contribution in [1.29, 1.82) is 0 Å². The summed E-state index contributed by atoms with van der Waals surface area (Å²) in [5, 5.41) is 20.1. The van der Waals surface area contributed by atoms with Crippen molar-refractivity contribution < 1.29 is 9.59 Å². The topological polar surface area (TPSA) is 163 Å². The van der Waals surface area contributed by atoms with E-state index >= 15 is 0 Å². The first kappa shape index (κ1) is 28.7. The van der Waals surface area contributed by atoms with Crippen molar-refractivity contribution >= 4 is 58.1 Å². The molecular formula is C32H31N9O2S. The summed E-state index contributed by atoms with van der Waals surface area (Å²) in [6, 6.07) is 25.8. The Labute approximate surface area is 258 Å². The van der Waals surface area contributed by atoms with Crippen molar-refractivity contribution in [1.82, 2.24) is 20.2 Å². The molecule has 0 saturated heterocycles. The van der Waals surface area contributed by atoms with Crippen LogP contribution in [0.15, 0.2) is 95.0 Å². The van der Waals surface area contributed by atoms with E-state index in [0.717, 1.165) is 34.7 Å². The van der Waals surface area contributed by atoms with Crippen molar-refractivity contribution in [2.75, 3.05) is 27.0 Å². The molecule has 7 N–H and O–H groups in total. The molecule has 3 aromatic carbocycles. The van der Waals surface area contributed by atoms with Gasteiger partial charge in [-0.2, -0.15) is 5.10 Å². The van der Waals surface area contributed by atoms with E-state index in [2.05, 4.69) is 31.5 Å². The van der Waals surface area contributed by atoms with Crippen molar-refractivity contribution in [3.63, 3.8) is 0 Å². The maximum atomic E-state index is 12.7. The number of anilines is 6. The third kappa shape index (κ3) is 7.53. The first-order valence-corrected chi connectivity index (χ1v) is 15.0. The van der Waals surface area contributed by atoms with Gasteiger partial charge in [0.1, 0.15) is 17.5 Å². The molecule has 2 heterocycles. The maximum absolute atomic E-state index is 12.7. The highest BCUT2D eigenvalue weighted by molar-refractivity contribution is 7.99. The normalized spacial score (nSPS) is 12.4. The van der Waals surface area contributed by atoms with E-state index in [0.29, 0.717) is 46.1 Å². The first-order chi connectivity index (χ1) is 21.4. The van der Waals surface area contributed by atoms with Crippen LogP contribution >= 0.6 is 11.8 Å². The first-order valence-electron chi connectivity index (χ1n) is 14.1. The number of carbonyl (C=O) groups is 2. The zero-order valence-corrected chi connectivity index (χ0v) is 24.7. The number of para-hydroxylation sites is 2. The number of nitrogens with zero attached hydrogens (tertiary/aromatic N) is 3. The van der Waals surface area contributed by atoms with Gasteiger partial charge in [-0.25, -0.2) is 9.97 Å². The molecule has 1 aliphatic rings. The van der Waals surface area contributed by atoms with Crippen molar-refractivity contribution in [3.05, 3.63) is 102 Å². The number of H-pyrrole nitrogens is 1. The van der Waals surface area contributed by atoms with Crippen LogP contribution in [0, 0.1) is 12.8 Å². The molecule has 12 heteroatoms. The molecule has 5 aromatic rings. The van der Waals surface area contributed by atoms with Crippen LogP contribution in [0.2, 0.25) is 0 Å². The molecule has 1 saturated carbocycles. The van der Waals surface area contributed by atoms with E-state index < -0.39 is 0 Å². The number of rotatable bonds is 11. The molecule has 2 aromatic heterocycles. The van der Waals surface area contributed by atoms with Gasteiger partial charge in [0.2, 0.25) is 5.91 Å². The van der Waals surface area contributed by atoms with Gasteiger partial charge >= 0.3 is 0 Å². The van der Waals surface area contributed by atoms with E-state index in [4.69, 9.17) is 15.7 Å². The summed E-state index contributed by atoms with van der Waals surface area (Å²) in [7, 11) is 0. The number of nitrogen functional groups attached to an aromatic ring is 1. The smallest absolute Gasteiger partial charge is 0.255 e. The van der Waals surface area contributed by atoms with Gasteiger partial charge < -0.3 is 27.0 Å². The highest BCUT2D eigenvalue weighted by Crippen LogP contribution is 2.32. The van der Waals surface area contributed by atoms with Crippen molar-refractivity contribution in [2.45, 2.75) is 36.4 Å². The Morgan fingerprint density at radius 1 is 0.932 bits per heavy atom. The van der Waals surface area contributed by atoms with Crippen LogP contribution in [-0.2, 0) is 11.3 Å². The fourth-order valence-electron chi connectivity index (χ4n) is 4.32. The van der Waals surface area contributed by atoms with Crippen LogP contribution in [0.3, 0.4) is 0 Å². The third-order valence-electron chi connectivity index (χ3n) is 6.85. The van der Waals surface area contributed by atoms with Gasteiger partial charge in [0.25, 0.3) is 5.91 Å². The molecule has 1 fully saturated rings. The number of hydrogen-bond acceptors (Lipinski definition) is 9. The number of nitrogens with two attached hydrogens (primary N) is 1. The summed E-state index contributed by atoms with van der Waals surface area (Å²) in [6.07, 6.45) is 1.92. The minimum absolute atomic E-state index is 0.0764. The van der Waals surface area contributed by atoms with Crippen LogP contribution in [0.1, 0.15) is 34.5 Å². The number of nitrogens with one attached hydrogen (secondary N) is 5. The standard InChI is InChI=1S/C32H31N9O2S/c1-19-16-29(41-40-19)37-28-17-27(38-32(39-28)44-24-14-12-23(13-15-24)35-30(42)22-10-11-22)34-18-20-6-8-21(9-7-20)31(43)36-26-5-3-2-4-25(26)33/h2-9,12-17,22H,10-11,18,33H2,1H3,(H,35,42)(H,36,43)(H3,34,37,38,39,40,41). The molecule has 11 nitrogen and oxygen atoms in total. The Balaban J connectivity index is 1.13. The Kier molecular flexibility index (Phi) is 8.41. The Hall–Kier alpha value is -5.36. The van der Waals surface area contributed by atoms with Gasteiger partial charge in [-0.05, 0) is 85.6 Å². The van der Waals surface area contributed by atoms with Gasteiger partial charge in [-0.15, -0.1) is 0 Å². The summed E-state index contributed by atoms with van der Waals surface area (Å²) in [6.45, 7) is 2.38. The summed E-state index contributed by atoms with van der Waals surface area (Å²) >= 11 is 1.41. The lowest BCUT2D eigenvalue weighted by molar-refractivity contribution is -0.117. The molecule has 0 atom stereocenters. The zero-order valence-electron chi connectivity index (χ0n) is 23.9. The lowest BCUT2D eigenvalue weighted by Crippen LogP contribution is -2.13. The predicted octanol–water partition coefficient (Wildman–Crippen LogP) is 6.20. The fraction of sp³-hybridized carbons (Fsp3) is 0.156. The Bertz CT molecular complexity index is 1780. The van der Waals surface area contributed by atoms with Crippen molar-refractivity contribution in [3.8, 4) is 0 Å². The molecule has 1 aliphatic carbocycles. The number of hydrogen-bond donors (Lipinski definition) is 6. The van der Waals surface area contributed by atoms with E-state index in [1.807, 2.05) is 67.6 Å². The summed E-state index contributed by atoms with van der Waals surface area (Å²) < 4.78 is 0. The molecular weight excluding hydrogens is 574 g/mol. The second-order valence-electron chi connectivity index (χ2n) is 10.5. The molecule has 44 heavy (non-hydrogen) atoms. The maximum Gasteiger partial charge on any atom is 0.255 e. The van der Waals surface area contributed by atoms with Crippen LogP contribution in [-0.4, -0.2) is 32.0 Å². The number of amides is 2. The van der Waals surface area contributed by atoms with Gasteiger partial charge in [-0.3, -0.25) is 14.7 Å². The molecule has 0 spiro atoms. The molecule has 222 valence electrons. The molecule has 0 aliphatic heterocycles. The van der Waals surface area contributed by atoms with E-state index in [9.17, 15) is 9.59 Å². The number of aromatic amines is 1. The van der Waals surface area contributed by atoms with Crippen LogP contribution < -0.4 is 27.0 Å². The minimum Gasteiger partial charge on any atom is -0.397 e. The van der Waals surface area contributed by atoms with E-state index in [-0.39, 0.29) is 17.7 Å². The SMILES string of the molecule is Cc1cc(Nc2cc(NCc3ccc(C(=O)Nc4ccccc4N)cc3)nc(Sc3ccc(NC(=O)C4CC4)cc3)n2)[nH]n1. The highest BCUT2D eigenvalue weighted by atomic mass is 32.2. The Morgan fingerprint density at radius 3 is 2.39 bits per heavy atom. The number of aromatic nitrogens is 4. The molecule has 6 rings (SSSR count). The number of benzene rings is 3. The van der Waals surface area contributed by atoms with Crippen molar-refractivity contribution in [2.24, 2.45) is 5.92 Å². The third-order valence-corrected chi connectivity index (χ3v) is 7.73. The zero-order chi connectivity index (χ0) is 30.5. The monoisotopic (exact) mass is 605 g/mol. The average molecular weight is 606 g/mol. The molecule has 0 unspecified atom stereocenters. The molecule has 0 bridgehead atoms. The van der Waals surface area contributed by atoms with Gasteiger partial charge in [-0.1, -0.05) is 24.3 Å². The quantitative estimate of drug-likeness (QED) is 0.0760.